The first-order valence-electron chi connectivity index (χ1n) is 8.33. The summed E-state index contributed by atoms with van der Waals surface area (Å²) in [6.45, 7) is 0.570. The van der Waals surface area contributed by atoms with E-state index >= 15 is 0 Å². The molecule has 3 rings (SSSR count). The van der Waals surface area contributed by atoms with Gasteiger partial charge < -0.3 is 5.32 Å². The van der Waals surface area contributed by atoms with Crippen molar-refractivity contribution in [3.63, 3.8) is 0 Å². The molecule has 0 saturated carbocycles. The Morgan fingerprint density at radius 2 is 1.32 bits per heavy atom. The zero-order valence-corrected chi connectivity index (χ0v) is 14.6. The lowest BCUT2D eigenvalue weighted by molar-refractivity contribution is -0.120. The van der Waals surface area contributed by atoms with Crippen LogP contribution in [0.15, 0.2) is 84.9 Å². The molecule has 3 aromatic carbocycles. The van der Waals surface area contributed by atoms with Crippen molar-refractivity contribution in [1.82, 2.24) is 5.32 Å². The van der Waals surface area contributed by atoms with E-state index in [1.807, 2.05) is 48.5 Å². The van der Waals surface area contributed by atoms with Crippen LogP contribution in [0.1, 0.15) is 22.6 Å². The number of nitrogens with one attached hydrogen (secondary N) is 1. The lowest BCUT2D eigenvalue weighted by Gasteiger charge is -2.19. The topological polar surface area (TPSA) is 29.1 Å². The lowest BCUT2D eigenvalue weighted by atomic mass is 9.91. The Morgan fingerprint density at radius 1 is 0.800 bits per heavy atom. The first kappa shape index (κ1) is 17.2. The number of hydrogen-bond acceptors (Lipinski definition) is 1. The molecular formula is C22H20ClNO. The highest BCUT2D eigenvalue weighted by atomic mass is 35.5. The summed E-state index contributed by atoms with van der Waals surface area (Å²) < 4.78 is 0. The Balaban J connectivity index is 1.68. The third-order valence-corrected chi connectivity index (χ3v) is 4.44. The standard InChI is InChI=1S/C22H20ClNO/c23-20-13-11-17(12-14-20)15-22(25)24-16-21(18-7-3-1-4-8-18)19-9-5-2-6-10-19/h1-14,21H,15-16H2,(H,24,25). The second kappa shape index (κ2) is 8.50. The minimum Gasteiger partial charge on any atom is -0.355 e. The van der Waals surface area contributed by atoms with Crippen LogP contribution in [0.3, 0.4) is 0 Å². The number of carbonyl (C=O) groups is 1. The van der Waals surface area contributed by atoms with E-state index in [0.717, 1.165) is 5.56 Å². The van der Waals surface area contributed by atoms with Crippen LogP contribution >= 0.6 is 11.6 Å². The maximum atomic E-state index is 12.3. The Labute approximate surface area is 153 Å². The van der Waals surface area contributed by atoms with Crippen molar-refractivity contribution in [3.05, 3.63) is 107 Å². The van der Waals surface area contributed by atoms with Gasteiger partial charge in [0, 0.05) is 17.5 Å². The van der Waals surface area contributed by atoms with Gasteiger partial charge in [-0.15, -0.1) is 0 Å². The van der Waals surface area contributed by atoms with E-state index in [1.165, 1.54) is 11.1 Å². The molecule has 3 aromatic rings. The van der Waals surface area contributed by atoms with Gasteiger partial charge in [-0.05, 0) is 28.8 Å². The molecule has 3 heteroatoms. The highest BCUT2D eigenvalue weighted by Gasteiger charge is 2.15. The number of hydrogen-bond donors (Lipinski definition) is 1. The molecule has 0 aromatic heterocycles. The molecule has 0 aliphatic carbocycles. The van der Waals surface area contributed by atoms with Crippen molar-refractivity contribution in [3.8, 4) is 0 Å². The SMILES string of the molecule is O=C(Cc1ccc(Cl)cc1)NCC(c1ccccc1)c1ccccc1. The summed E-state index contributed by atoms with van der Waals surface area (Å²) in [6, 6.07) is 27.9. The van der Waals surface area contributed by atoms with E-state index in [2.05, 4.69) is 29.6 Å². The van der Waals surface area contributed by atoms with Gasteiger partial charge in [0.05, 0.1) is 6.42 Å². The van der Waals surface area contributed by atoms with Gasteiger partial charge in [0.25, 0.3) is 0 Å². The van der Waals surface area contributed by atoms with Crippen molar-refractivity contribution in [2.75, 3.05) is 6.54 Å². The van der Waals surface area contributed by atoms with Crippen LogP contribution < -0.4 is 5.32 Å². The van der Waals surface area contributed by atoms with Crippen molar-refractivity contribution >= 4 is 17.5 Å². The summed E-state index contributed by atoms with van der Waals surface area (Å²) in [6.07, 6.45) is 0.355. The molecule has 0 radical (unpaired) electrons. The summed E-state index contributed by atoms with van der Waals surface area (Å²) in [5.74, 6) is 0.149. The van der Waals surface area contributed by atoms with Crippen molar-refractivity contribution < 1.29 is 4.79 Å². The first-order chi connectivity index (χ1) is 12.2. The maximum Gasteiger partial charge on any atom is 0.224 e. The molecule has 1 N–H and O–H groups in total. The number of amides is 1. The minimum atomic E-state index is 0.0131. The minimum absolute atomic E-state index is 0.0131. The number of rotatable bonds is 6. The van der Waals surface area contributed by atoms with Gasteiger partial charge in [0.15, 0.2) is 0 Å². The van der Waals surface area contributed by atoms with Crippen LogP contribution in [-0.4, -0.2) is 12.5 Å². The molecular weight excluding hydrogens is 330 g/mol. The van der Waals surface area contributed by atoms with E-state index < -0.39 is 0 Å². The molecule has 0 aliphatic heterocycles. The second-order valence-corrected chi connectivity index (χ2v) is 6.42. The van der Waals surface area contributed by atoms with Gasteiger partial charge in [0.1, 0.15) is 0 Å². The summed E-state index contributed by atoms with van der Waals surface area (Å²) in [4.78, 5) is 12.3. The lowest BCUT2D eigenvalue weighted by Crippen LogP contribution is -2.30. The molecule has 0 fully saturated rings. The van der Waals surface area contributed by atoms with Gasteiger partial charge in [-0.25, -0.2) is 0 Å². The van der Waals surface area contributed by atoms with E-state index in [9.17, 15) is 4.79 Å². The highest BCUT2D eigenvalue weighted by molar-refractivity contribution is 6.30. The van der Waals surface area contributed by atoms with Gasteiger partial charge in [-0.2, -0.15) is 0 Å². The Hall–Kier alpha value is -2.58. The van der Waals surface area contributed by atoms with Crippen LogP contribution in [0.5, 0.6) is 0 Å². The predicted molar refractivity (Wildman–Crippen MR) is 103 cm³/mol. The Kier molecular flexibility index (Phi) is 5.86. The van der Waals surface area contributed by atoms with Crippen LogP contribution in [0.25, 0.3) is 0 Å². The molecule has 126 valence electrons. The average Bonchev–Trinajstić information content (AvgIpc) is 2.66. The summed E-state index contributed by atoms with van der Waals surface area (Å²) in [7, 11) is 0. The molecule has 0 heterocycles. The summed E-state index contributed by atoms with van der Waals surface area (Å²) in [5.41, 5.74) is 3.35. The molecule has 1 amide bonds. The average molecular weight is 350 g/mol. The van der Waals surface area contributed by atoms with Crippen LogP contribution in [0, 0.1) is 0 Å². The zero-order valence-electron chi connectivity index (χ0n) is 13.9. The monoisotopic (exact) mass is 349 g/mol. The molecule has 0 saturated heterocycles. The quantitative estimate of drug-likeness (QED) is 0.678. The second-order valence-electron chi connectivity index (χ2n) is 5.98. The normalized spacial score (nSPS) is 10.6. The predicted octanol–water partition coefficient (Wildman–Crippen LogP) is 4.83. The van der Waals surface area contributed by atoms with Crippen molar-refractivity contribution in [2.24, 2.45) is 0 Å². The molecule has 0 bridgehead atoms. The van der Waals surface area contributed by atoms with E-state index in [-0.39, 0.29) is 11.8 Å². The summed E-state index contributed by atoms with van der Waals surface area (Å²) >= 11 is 5.89. The third-order valence-electron chi connectivity index (χ3n) is 4.19. The van der Waals surface area contributed by atoms with Crippen LogP contribution in [-0.2, 0) is 11.2 Å². The molecule has 0 aliphatic rings. The molecule has 0 unspecified atom stereocenters. The number of halogens is 1. The Morgan fingerprint density at radius 3 is 1.84 bits per heavy atom. The fourth-order valence-electron chi connectivity index (χ4n) is 2.86. The maximum absolute atomic E-state index is 12.3. The van der Waals surface area contributed by atoms with E-state index in [1.54, 1.807) is 12.1 Å². The molecule has 2 nitrogen and oxygen atoms in total. The third kappa shape index (κ3) is 4.94. The molecule has 25 heavy (non-hydrogen) atoms. The molecule has 0 atom stereocenters. The first-order valence-corrected chi connectivity index (χ1v) is 8.71. The molecule has 0 spiro atoms. The van der Waals surface area contributed by atoms with Crippen LogP contribution in [0.4, 0.5) is 0 Å². The largest absolute Gasteiger partial charge is 0.355 e. The highest BCUT2D eigenvalue weighted by Crippen LogP contribution is 2.23. The Bertz CT molecular complexity index is 761. The van der Waals surface area contributed by atoms with Crippen LogP contribution in [0.2, 0.25) is 5.02 Å². The van der Waals surface area contributed by atoms with Crippen molar-refractivity contribution in [2.45, 2.75) is 12.3 Å². The number of benzene rings is 3. The van der Waals surface area contributed by atoms with Gasteiger partial charge in [0.2, 0.25) is 5.91 Å². The zero-order chi connectivity index (χ0) is 17.5. The van der Waals surface area contributed by atoms with E-state index in [4.69, 9.17) is 11.6 Å². The smallest absolute Gasteiger partial charge is 0.224 e. The van der Waals surface area contributed by atoms with Gasteiger partial charge in [-0.3, -0.25) is 4.79 Å². The van der Waals surface area contributed by atoms with Gasteiger partial charge >= 0.3 is 0 Å². The fourth-order valence-corrected chi connectivity index (χ4v) is 2.99. The van der Waals surface area contributed by atoms with E-state index in [0.29, 0.717) is 18.0 Å². The van der Waals surface area contributed by atoms with Gasteiger partial charge in [-0.1, -0.05) is 84.4 Å². The summed E-state index contributed by atoms with van der Waals surface area (Å²) in [5, 5.41) is 3.75. The van der Waals surface area contributed by atoms with Crippen molar-refractivity contribution in [1.29, 1.82) is 0 Å². The number of carbonyl (C=O) groups excluding carboxylic acids is 1. The fraction of sp³-hybridized carbons (Fsp3) is 0.136.